The van der Waals surface area contributed by atoms with Crippen LogP contribution in [0.2, 0.25) is 0 Å². The van der Waals surface area contributed by atoms with Gasteiger partial charge in [-0.1, -0.05) is 55.8 Å². The van der Waals surface area contributed by atoms with Crippen LogP contribution in [-0.4, -0.2) is 11.7 Å². The number of unbranched alkanes of at least 4 members (excludes halogenated alkanes) is 1. The van der Waals surface area contributed by atoms with E-state index in [4.69, 9.17) is 4.74 Å². The Hall–Kier alpha value is -3.32. The van der Waals surface area contributed by atoms with Crippen molar-refractivity contribution in [1.29, 1.82) is 5.26 Å². The summed E-state index contributed by atoms with van der Waals surface area (Å²) >= 11 is 0. The Morgan fingerprint density at radius 3 is 2.50 bits per heavy atom. The molecule has 0 N–H and O–H groups in total. The van der Waals surface area contributed by atoms with Gasteiger partial charge in [-0.15, -0.1) is 0 Å². The van der Waals surface area contributed by atoms with Crippen LogP contribution in [0.1, 0.15) is 36.6 Å². The Kier molecular flexibility index (Phi) is 6.29. The van der Waals surface area contributed by atoms with E-state index in [2.05, 4.69) is 13.0 Å². The first-order chi connectivity index (χ1) is 13.7. The molecule has 0 radical (unpaired) electrons. The molecule has 0 saturated carbocycles. The standard InChI is InChI=1S/C24H24N2O2/c1-3-4-8-21-14-22(28-2)15-24(27)26(21)17-18-10-12-19(13-11-18)23-9-6-5-7-20(23)16-25/h5-7,9-15H,3-4,8,17H2,1-2H3. The lowest BCUT2D eigenvalue weighted by Crippen LogP contribution is -2.23. The molecule has 3 aromatic rings. The molecule has 3 rings (SSSR count). The Balaban J connectivity index is 1.90. The minimum Gasteiger partial charge on any atom is -0.496 e. The molecule has 0 fully saturated rings. The van der Waals surface area contributed by atoms with E-state index >= 15 is 0 Å². The molecule has 1 heterocycles. The summed E-state index contributed by atoms with van der Waals surface area (Å²) in [5.41, 5.74) is 4.55. The van der Waals surface area contributed by atoms with Crippen LogP contribution in [-0.2, 0) is 13.0 Å². The number of aromatic nitrogens is 1. The third kappa shape index (κ3) is 4.32. The number of rotatable bonds is 7. The number of hydrogen-bond donors (Lipinski definition) is 0. The van der Waals surface area contributed by atoms with Crippen molar-refractivity contribution >= 4 is 0 Å². The highest BCUT2D eigenvalue weighted by molar-refractivity contribution is 5.70. The van der Waals surface area contributed by atoms with E-state index in [0.29, 0.717) is 17.9 Å². The second-order valence-corrected chi connectivity index (χ2v) is 6.77. The van der Waals surface area contributed by atoms with Gasteiger partial charge in [-0.3, -0.25) is 4.79 Å². The fourth-order valence-corrected chi connectivity index (χ4v) is 3.29. The lowest BCUT2D eigenvalue weighted by atomic mass is 9.99. The highest BCUT2D eigenvalue weighted by atomic mass is 16.5. The summed E-state index contributed by atoms with van der Waals surface area (Å²) in [6.45, 7) is 2.66. The van der Waals surface area contributed by atoms with Crippen molar-refractivity contribution in [2.24, 2.45) is 0 Å². The van der Waals surface area contributed by atoms with Gasteiger partial charge in [0.15, 0.2) is 0 Å². The Morgan fingerprint density at radius 2 is 1.82 bits per heavy atom. The molecule has 4 heteroatoms. The van der Waals surface area contributed by atoms with Gasteiger partial charge in [-0.25, -0.2) is 0 Å². The van der Waals surface area contributed by atoms with Crippen LogP contribution in [0.15, 0.2) is 65.5 Å². The van der Waals surface area contributed by atoms with Crippen LogP contribution in [0.3, 0.4) is 0 Å². The third-order valence-electron chi connectivity index (χ3n) is 4.86. The number of ether oxygens (including phenoxy) is 1. The maximum atomic E-state index is 12.6. The first-order valence-electron chi connectivity index (χ1n) is 9.52. The molecule has 0 unspecified atom stereocenters. The van der Waals surface area contributed by atoms with Crippen molar-refractivity contribution in [1.82, 2.24) is 4.57 Å². The maximum Gasteiger partial charge on any atom is 0.254 e. The van der Waals surface area contributed by atoms with Gasteiger partial charge in [0.1, 0.15) is 5.75 Å². The molecule has 4 nitrogen and oxygen atoms in total. The average molecular weight is 372 g/mol. The molecular weight excluding hydrogens is 348 g/mol. The normalized spacial score (nSPS) is 10.5. The number of nitrogens with zero attached hydrogens (tertiary/aromatic N) is 2. The van der Waals surface area contributed by atoms with Crippen LogP contribution >= 0.6 is 0 Å². The van der Waals surface area contributed by atoms with E-state index in [0.717, 1.165) is 41.6 Å². The first-order valence-corrected chi connectivity index (χ1v) is 9.52. The predicted molar refractivity (Wildman–Crippen MR) is 112 cm³/mol. The van der Waals surface area contributed by atoms with Crippen LogP contribution in [0.5, 0.6) is 5.75 Å². The summed E-state index contributed by atoms with van der Waals surface area (Å²) in [5.74, 6) is 0.607. The van der Waals surface area contributed by atoms with Gasteiger partial charge in [-0.2, -0.15) is 5.26 Å². The van der Waals surface area contributed by atoms with E-state index in [1.165, 1.54) is 6.07 Å². The molecule has 142 valence electrons. The van der Waals surface area contributed by atoms with Gasteiger partial charge in [-0.05, 0) is 41.7 Å². The Bertz CT molecular complexity index is 1040. The van der Waals surface area contributed by atoms with E-state index in [1.54, 1.807) is 7.11 Å². The SMILES string of the molecule is CCCCc1cc(OC)cc(=O)n1Cc1ccc(-c2ccccc2C#N)cc1. The molecule has 0 aliphatic carbocycles. The largest absolute Gasteiger partial charge is 0.496 e. The number of methoxy groups -OCH3 is 1. The summed E-state index contributed by atoms with van der Waals surface area (Å²) in [5, 5.41) is 9.31. The molecule has 0 bridgehead atoms. The zero-order valence-corrected chi connectivity index (χ0v) is 16.3. The summed E-state index contributed by atoms with van der Waals surface area (Å²) in [7, 11) is 1.58. The predicted octanol–water partition coefficient (Wildman–Crippen LogP) is 4.79. The number of hydrogen-bond acceptors (Lipinski definition) is 3. The van der Waals surface area contributed by atoms with Gasteiger partial charge in [0.2, 0.25) is 0 Å². The van der Waals surface area contributed by atoms with Crippen molar-refractivity contribution in [3.8, 4) is 22.9 Å². The Labute approximate surface area is 165 Å². The second-order valence-electron chi connectivity index (χ2n) is 6.77. The lowest BCUT2D eigenvalue weighted by molar-refractivity contribution is 0.411. The van der Waals surface area contributed by atoms with Crippen molar-refractivity contribution in [3.05, 3.63) is 87.8 Å². The summed E-state index contributed by atoms with van der Waals surface area (Å²) in [6.07, 6.45) is 2.94. The van der Waals surface area contributed by atoms with Gasteiger partial charge in [0.25, 0.3) is 5.56 Å². The molecule has 0 atom stereocenters. The van der Waals surface area contributed by atoms with E-state index in [1.807, 2.05) is 59.2 Å². The average Bonchev–Trinajstić information content (AvgIpc) is 2.74. The zero-order valence-electron chi connectivity index (χ0n) is 16.3. The summed E-state index contributed by atoms with van der Waals surface area (Å²) in [4.78, 5) is 12.6. The second kappa shape index (κ2) is 9.05. The van der Waals surface area contributed by atoms with Crippen LogP contribution in [0.4, 0.5) is 0 Å². The van der Waals surface area contributed by atoms with E-state index in [-0.39, 0.29) is 5.56 Å². The van der Waals surface area contributed by atoms with Gasteiger partial charge < -0.3 is 9.30 Å². The number of nitriles is 1. The molecule has 0 amide bonds. The Morgan fingerprint density at radius 1 is 1.07 bits per heavy atom. The summed E-state index contributed by atoms with van der Waals surface area (Å²) < 4.78 is 7.08. The molecule has 0 spiro atoms. The quantitative estimate of drug-likeness (QED) is 0.599. The third-order valence-corrected chi connectivity index (χ3v) is 4.86. The topological polar surface area (TPSA) is 55.0 Å². The van der Waals surface area contributed by atoms with Crippen LogP contribution < -0.4 is 10.3 Å². The number of pyridine rings is 1. The monoisotopic (exact) mass is 372 g/mol. The van der Waals surface area contributed by atoms with E-state index in [9.17, 15) is 10.1 Å². The molecule has 0 saturated heterocycles. The van der Waals surface area contributed by atoms with Gasteiger partial charge in [0.05, 0.1) is 25.3 Å². The van der Waals surface area contributed by atoms with Crippen LogP contribution in [0, 0.1) is 11.3 Å². The van der Waals surface area contributed by atoms with Crippen molar-refractivity contribution < 1.29 is 4.74 Å². The highest BCUT2D eigenvalue weighted by Crippen LogP contribution is 2.24. The van der Waals surface area contributed by atoms with Crippen molar-refractivity contribution in [2.75, 3.05) is 7.11 Å². The van der Waals surface area contributed by atoms with Crippen LogP contribution in [0.25, 0.3) is 11.1 Å². The maximum absolute atomic E-state index is 12.6. The fourth-order valence-electron chi connectivity index (χ4n) is 3.29. The van der Waals surface area contributed by atoms with Crippen molar-refractivity contribution in [3.63, 3.8) is 0 Å². The smallest absolute Gasteiger partial charge is 0.254 e. The van der Waals surface area contributed by atoms with Gasteiger partial charge in [0, 0.05) is 11.8 Å². The molecule has 0 aliphatic heterocycles. The first kappa shape index (κ1) is 19.4. The fraction of sp³-hybridized carbons (Fsp3) is 0.250. The number of aryl methyl sites for hydroxylation is 1. The molecule has 28 heavy (non-hydrogen) atoms. The van der Waals surface area contributed by atoms with Gasteiger partial charge >= 0.3 is 0 Å². The summed E-state index contributed by atoms with van der Waals surface area (Å²) in [6, 6.07) is 21.3. The zero-order chi connectivity index (χ0) is 19.9. The highest BCUT2D eigenvalue weighted by Gasteiger charge is 2.09. The molecule has 0 aliphatic rings. The lowest BCUT2D eigenvalue weighted by Gasteiger charge is -2.15. The minimum absolute atomic E-state index is 0.0515. The van der Waals surface area contributed by atoms with Crippen molar-refractivity contribution in [2.45, 2.75) is 32.7 Å². The minimum atomic E-state index is -0.0515. The molecule has 2 aromatic carbocycles. The molecular formula is C24H24N2O2. The van der Waals surface area contributed by atoms with E-state index < -0.39 is 0 Å². The number of benzene rings is 2. The molecule has 1 aromatic heterocycles.